The van der Waals surface area contributed by atoms with Gasteiger partial charge in [-0.1, -0.05) is 28.1 Å². The van der Waals surface area contributed by atoms with Crippen LogP contribution in [0.1, 0.15) is 23.7 Å². The Morgan fingerprint density at radius 2 is 2.00 bits per heavy atom. The number of carbonyl (C=O) groups is 1. The van der Waals surface area contributed by atoms with Gasteiger partial charge in [0, 0.05) is 29.7 Å². The molecule has 2 aromatic carbocycles. The Hall–Kier alpha value is -2.51. The minimum absolute atomic E-state index is 0.0155. The molecule has 138 valence electrons. The van der Waals surface area contributed by atoms with Gasteiger partial charge in [-0.3, -0.25) is 14.2 Å². The van der Waals surface area contributed by atoms with Crippen LogP contribution in [-0.2, 0) is 17.8 Å². The van der Waals surface area contributed by atoms with Crippen molar-refractivity contribution in [2.75, 3.05) is 11.9 Å². The van der Waals surface area contributed by atoms with Gasteiger partial charge in [0.1, 0.15) is 5.82 Å². The number of para-hydroxylation sites is 1. The molecule has 7 heteroatoms. The Morgan fingerprint density at radius 1 is 1.19 bits per heavy atom. The van der Waals surface area contributed by atoms with Gasteiger partial charge >= 0.3 is 0 Å². The first-order valence-electron chi connectivity index (χ1n) is 8.78. The summed E-state index contributed by atoms with van der Waals surface area (Å²) in [5, 5.41) is 12.6. The number of benzene rings is 2. The fourth-order valence-electron chi connectivity index (χ4n) is 3.51. The summed E-state index contributed by atoms with van der Waals surface area (Å²) in [7, 11) is 0. The van der Waals surface area contributed by atoms with Crippen LogP contribution in [0.2, 0.25) is 0 Å². The number of nitrogens with one attached hydrogen (secondary N) is 1. The van der Waals surface area contributed by atoms with E-state index in [9.17, 15) is 14.7 Å². The molecule has 0 bridgehead atoms. The molecule has 1 atom stereocenters. The van der Waals surface area contributed by atoms with E-state index in [4.69, 9.17) is 0 Å². The third-order valence-corrected chi connectivity index (χ3v) is 5.32. The van der Waals surface area contributed by atoms with Crippen molar-refractivity contribution in [2.45, 2.75) is 25.3 Å². The number of hydrogen-bond acceptors (Lipinski definition) is 4. The molecular weight excluding hydrogens is 410 g/mol. The Labute approximate surface area is 164 Å². The molecule has 27 heavy (non-hydrogen) atoms. The molecule has 6 nitrogen and oxygen atoms in total. The Balaban J connectivity index is 1.81. The van der Waals surface area contributed by atoms with Crippen LogP contribution in [0.4, 0.5) is 5.69 Å². The lowest BCUT2D eigenvalue weighted by Crippen LogP contribution is -2.28. The highest BCUT2D eigenvalue weighted by Crippen LogP contribution is 2.36. The number of aliphatic hydroxyl groups excluding tert-OH is 1. The summed E-state index contributed by atoms with van der Waals surface area (Å²) in [5.74, 6) is 0.0466. The number of fused-ring (bicyclic) bond motifs is 2. The van der Waals surface area contributed by atoms with Gasteiger partial charge in [-0.2, -0.15) is 0 Å². The number of aromatic nitrogens is 2. The molecule has 1 aliphatic rings. The molecule has 0 aliphatic carbocycles. The molecular formula is C20H18BrN3O3. The smallest absolute Gasteiger partial charge is 0.261 e. The standard InChI is InChI=1S/C20H18BrN3O3/c21-12-6-7-17-14(10-12)15(19(26)23-17)11-18-22-16-5-2-1-4-13(16)20(27)24(18)8-3-9-25/h1-2,4-7,10,15,25H,3,8-9,11H2,(H,23,26)/t15-/m0/s1. The maximum Gasteiger partial charge on any atom is 0.261 e. The quantitative estimate of drug-likeness (QED) is 0.655. The number of carbonyl (C=O) groups excluding carboxylic acids is 1. The molecule has 0 unspecified atom stereocenters. The lowest BCUT2D eigenvalue weighted by Gasteiger charge is -2.16. The van der Waals surface area contributed by atoms with Gasteiger partial charge in [0.15, 0.2) is 0 Å². The molecule has 4 rings (SSSR count). The zero-order valence-electron chi connectivity index (χ0n) is 14.5. The first kappa shape index (κ1) is 17.9. The molecule has 2 heterocycles. The highest BCUT2D eigenvalue weighted by molar-refractivity contribution is 9.10. The number of rotatable bonds is 5. The zero-order chi connectivity index (χ0) is 19.0. The van der Waals surface area contributed by atoms with Crippen LogP contribution in [0, 0.1) is 0 Å². The second kappa shape index (κ2) is 7.25. The van der Waals surface area contributed by atoms with Crippen molar-refractivity contribution < 1.29 is 9.90 Å². The second-order valence-corrected chi connectivity index (χ2v) is 7.47. The number of aliphatic hydroxyl groups is 1. The minimum atomic E-state index is -0.411. The molecule has 0 saturated carbocycles. The summed E-state index contributed by atoms with van der Waals surface area (Å²) in [6.07, 6.45) is 0.771. The number of anilines is 1. The monoisotopic (exact) mass is 427 g/mol. The van der Waals surface area contributed by atoms with Gasteiger partial charge in [0.2, 0.25) is 5.91 Å². The van der Waals surface area contributed by atoms with Crippen molar-refractivity contribution in [2.24, 2.45) is 0 Å². The van der Waals surface area contributed by atoms with E-state index >= 15 is 0 Å². The molecule has 1 amide bonds. The van der Waals surface area contributed by atoms with Crippen LogP contribution in [0.25, 0.3) is 10.9 Å². The second-order valence-electron chi connectivity index (χ2n) is 6.56. The molecule has 0 fully saturated rings. The molecule has 1 aliphatic heterocycles. The van der Waals surface area contributed by atoms with Crippen molar-refractivity contribution in [1.82, 2.24) is 9.55 Å². The summed E-state index contributed by atoms with van der Waals surface area (Å²) in [6, 6.07) is 12.9. The molecule has 2 N–H and O–H groups in total. The minimum Gasteiger partial charge on any atom is -0.396 e. The highest BCUT2D eigenvalue weighted by atomic mass is 79.9. The summed E-state index contributed by atoms with van der Waals surface area (Å²) < 4.78 is 2.48. The van der Waals surface area contributed by atoms with Gasteiger partial charge in [-0.05, 0) is 42.3 Å². The summed E-state index contributed by atoms with van der Waals surface area (Å²) >= 11 is 3.45. The van der Waals surface area contributed by atoms with Crippen molar-refractivity contribution >= 4 is 38.4 Å². The number of halogens is 1. The largest absolute Gasteiger partial charge is 0.396 e. The van der Waals surface area contributed by atoms with E-state index in [-0.39, 0.29) is 18.1 Å². The lowest BCUT2D eigenvalue weighted by atomic mass is 9.96. The van der Waals surface area contributed by atoms with Crippen molar-refractivity contribution in [3.05, 3.63) is 68.7 Å². The maximum atomic E-state index is 12.9. The van der Waals surface area contributed by atoms with Gasteiger partial charge in [0.25, 0.3) is 5.56 Å². The summed E-state index contributed by atoms with van der Waals surface area (Å²) in [5.41, 5.74) is 2.16. The lowest BCUT2D eigenvalue weighted by molar-refractivity contribution is -0.117. The SMILES string of the molecule is O=C1Nc2ccc(Br)cc2[C@@H]1Cc1nc2ccccc2c(=O)n1CCCO. The Morgan fingerprint density at radius 3 is 2.81 bits per heavy atom. The first-order valence-corrected chi connectivity index (χ1v) is 9.57. The van der Waals surface area contributed by atoms with Gasteiger partial charge in [-0.25, -0.2) is 4.98 Å². The van der Waals surface area contributed by atoms with Crippen LogP contribution in [0.15, 0.2) is 51.7 Å². The normalized spacial score (nSPS) is 15.8. The number of hydrogen-bond donors (Lipinski definition) is 2. The van der Waals surface area contributed by atoms with Gasteiger partial charge in [-0.15, -0.1) is 0 Å². The Kier molecular flexibility index (Phi) is 4.80. The van der Waals surface area contributed by atoms with E-state index in [1.54, 1.807) is 22.8 Å². The molecule has 0 saturated heterocycles. The van der Waals surface area contributed by atoms with Crippen molar-refractivity contribution in [3.8, 4) is 0 Å². The topological polar surface area (TPSA) is 84.2 Å². The van der Waals surface area contributed by atoms with E-state index in [0.717, 1.165) is 15.7 Å². The predicted molar refractivity (Wildman–Crippen MR) is 107 cm³/mol. The van der Waals surface area contributed by atoms with Crippen LogP contribution >= 0.6 is 15.9 Å². The highest BCUT2D eigenvalue weighted by Gasteiger charge is 2.32. The van der Waals surface area contributed by atoms with Crippen molar-refractivity contribution in [3.63, 3.8) is 0 Å². The van der Waals surface area contributed by atoms with Gasteiger partial charge in [0.05, 0.1) is 16.8 Å². The predicted octanol–water partition coefficient (Wildman–Crippen LogP) is 2.82. The fraction of sp³-hybridized carbons (Fsp3) is 0.250. The molecule has 3 aromatic rings. The van der Waals surface area contributed by atoms with E-state index in [2.05, 4.69) is 26.2 Å². The third kappa shape index (κ3) is 3.28. The average molecular weight is 428 g/mol. The maximum absolute atomic E-state index is 12.9. The summed E-state index contributed by atoms with van der Waals surface area (Å²) in [6.45, 7) is 0.348. The zero-order valence-corrected chi connectivity index (χ0v) is 16.1. The van der Waals surface area contributed by atoms with Crippen LogP contribution in [0.3, 0.4) is 0 Å². The van der Waals surface area contributed by atoms with E-state index in [1.807, 2.05) is 24.3 Å². The third-order valence-electron chi connectivity index (χ3n) is 4.83. The van der Waals surface area contributed by atoms with Crippen molar-refractivity contribution in [1.29, 1.82) is 0 Å². The molecule has 1 aromatic heterocycles. The van der Waals surface area contributed by atoms with E-state index < -0.39 is 5.92 Å². The first-order chi connectivity index (χ1) is 13.1. The number of amides is 1. The Bertz CT molecular complexity index is 1090. The number of nitrogens with zero attached hydrogens (tertiary/aromatic N) is 2. The summed E-state index contributed by atoms with van der Waals surface area (Å²) in [4.78, 5) is 30.2. The van der Waals surface area contributed by atoms with Crippen LogP contribution in [0.5, 0.6) is 0 Å². The molecule has 0 radical (unpaired) electrons. The van der Waals surface area contributed by atoms with E-state index in [1.165, 1.54) is 0 Å². The molecule has 0 spiro atoms. The van der Waals surface area contributed by atoms with E-state index in [0.29, 0.717) is 36.1 Å². The van der Waals surface area contributed by atoms with Crippen LogP contribution < -0.4 is 10.9 Å². The van der Waals surface area contributed by atoms with Crippen LogP contribution in [-0.4, -0.2) is 27.2 Å². The van der Waals surface area contributed by atoms with Gasteiger partial charge < -0.3 is 10.4 Å². The fourth-order valence-corrected chi connectivity index (χ4v) is 3.89. The average Bonchev–Trinajstić information content (AvgIpc) is 2.96.